The van der Waals surface area contributed by atoms with Crippen LogP contribution in [-0.2, 0) is 0 Å². The zero-order chi connectivity index (χ0) is 14.5. The molecule has 6 heteroatoms. The molecule has 0 fully saturated rings. The van der Waals surface area contributed by atoms with Crippen molar-refractivity contribution >= 4 is 23.5 Å². The zero-order valence-corrected chi connectivity index (χ0v) is 12.1. The van der Waals surface area contributed by atoms with Crippen LogP contribution >= 0.6 is 12.2 Å². The third-order valence-electron chi connectivity index (χ3n) is 2.77. The van der Waals surface area contributed by atoms with Crippen LogP contribution in [0.1, 0.15) is 11.3 Å². The van der Waals surface area contributed by atoms with E-state index in [1.807, 2.05) is 43.5 Å². The Morgan fingerprint density at radius 1 is 1.40 bits per heavy atom. The maximum absolute atomic E-state index is 5.30. The van der Waals surface area contributed by atoms with Crippen LogP contribution in [0, 0.1) is 6.92 Å². The molecule has 0 spiro atoms. The van der Waals surface area contributed by atoms with E-state index in [-0.39, 0.29) is 5.11 Å². The summed E-state index contributed by atoms with van der Waals surface area (Å²) in [7, 11) is 1.65. The standard InChI is InChI=1S/C14H16N4OS/c1-10-7-11(8-16-17-14(15)20)9-18(10)12-3-5-13(19-2)6-4-12/h3-9H,1-2H3,(H3,15,17,20)/b16-8-. The summed E-state index contributed by atoms with van der Waals surface area (Å²) in [6.45, 7) is 2.03. The molecule has 1 aromatic heterocycles. The fraction of sp³-hybridized carbons (Fsp3) is 0.143. The summed E-state index contributed by atoms with van der Waals surface area (Å²) in [4.78, 5) is 0. The molecule has 3 N–H and O–H groups in total. The van der Waals surface area contributed by atoms with Crippen molar-refractivity contribution in [3.63, 3.8) is 0 Å². The summed E-state index contributed by atoms with van der Waals surface area (Å²) in [6.07, 6.45) is 3.66. The van der Waals surface area contributed by atoms with Crippen molar-refractivity contribution in [3.05, 3.63) is 47.8 Å². The Morgan fingerprint density at radius 3 is 2.70 bits per heavy atom. The second kappa shape index (κ2) is 6.21. The minimum Gasteiger partial charge on any atom is -0.497 e. The van der Waals surface area contributed by atoms with Crippen LogP contribution in [0.2, 0.25) is 0 Å². The van der Waals surface area contributed by atoms with Gasteiger partial charge in [-0.25, -0.2) is 0 Å². The molecule has 0 aliphatic heterocycles. The Labute approximate surface area is 123 Å². The molecule has 0 unspecified atom stereocenters. The third-order valence-corrected chi connectivity index (χ3v) is 2.86. The van der Waals surface area contributed by atoms with E-state index in [1.54, 1.807) is 13.3 Å². The lowest BCUT2D eigenvalue weighted by molar-refractivity contribution is 0.414. The first kappa shape index (κ1) is 14.1. The predicted molar refractivity (Wildman–Crippen MR) is 84.6 cm³/mol. The predicted octanol–water partition coefficient (Wildman–Crippen LogP) is 1.96. The second-order valence-corrected chi connectivity index (χ2v) is 4.66. The molecule has 104 valence electrons. The molecule has 0 bridgehead atoms. The van der Waals surface area contributed by atoms with Crippen molar-refractivity contribution in [2.75, 3.05) is 7.11 Å². The van der Waals surface area contributed by atoms with Crippen LogP contribution < -0.4 is 15.9 Å². The molecule has 2 rings (SSSR count). The molecule has 0 atom stereocenters. The first-order chi connectivity index (χ1) is 9.60. The van der Waals surface area contributed by atoms with Crippen molar-refractivity contribution in [3.8, 4) is 11.4 Å². The van der Waals surface area contributed by atoms with Crippen LogP contribution in [0.5, 0.6) is 5.75 Å². The number of aromatic nitrogens is 1. The van der Waals surface area contributed by atoms with Crippen molar-refractivity contribution < 1.29 is 4.74 Å². The van der Waals surface area contributed by atoms with Crippen molar-refractivity contribution in [2.45, 2.75) is 6.92 Å². The number of hydrazone groups is 1. The molecule has 0 radical (unpaired) electrons. The first-order valence-electron chi connectivity index (χ1n) is 6.02. The van der Waals surface area contributed by atoms with Crippen LogP contribution in [0.3, 0.4) is 0 Å². The molecular weight excluding hydrogens is 272 g/mol. The summed E-state index contributed by atoms with van der Waals surface area (Å²) in [5.74, 6) is 0.834. The van der Waals surface area contributed by atoms with Crippen LogP contribution in [0.4, 0.5) is 0 Å². The van der Waals surface area contributed by atoms with Crippen molar-refractivity contribution in [2.24, 2.45) is 10.8 Å². The number of thiocarbonyl (C=S) groups is 1. The van der Waals surface area contributed by atoms with Gasteiger partial charge in [0.05, 0.1) is 13.3 Å². The number of hydrogen-bond acceptors (Lipinski definition) is 3. The number of nitrogens with zero attached hydrogens (tertiary/aromatic N) is 2. The van der Waals surface area contributed by atoms with E-state index in [1.165, 1.54) is 0 Å². The SMILES string of the molecule is COc1ccc(-n2cc(/C=N\NC(N)=S)cc2C)cc1. The average molecular weight is 288 g/mol. The second-order valence-electron chi connectivity index (χ2n) is 4.22. The molecule has 5 nitrogen and oxygen atoms in total. The van der Waals surface area contributed by atoms with E-state index in [2.05, 4.69) is 27.3 Å². The van der Waals surface area contributed by atoms with E-state index in [4.69, 9.17) is 10.5 Å². The van der Waals surface area contributed by atoms with Gasteiger partial charge in [0.1, 0.15) is 5.75 Å². The number of nitrogens with two attached hydrogens (primary N) is 1. The topological polar surface area (TPSA) is 64.6 Å². The highest BCUT2D eigenvalue weighted by Crippen LogP contribution is 2.18. The maximum Gasteiger partial charge on any atom is 0.184 e. The average Bonchev–Trinajstić information content (AvgIpc) is 2.79. The van der Waals surface area contributed by atoms with Gasteiger partial charge in [-0.1, -0.05) is 0 Å². The molecule has 2 aromatic rings. The van der Waals surface area contributed by atoms with Crippen LogP contribution in [0.15, 0.2) is 41.6 Å². The van der Waals surface area contributed by atoms with E-state index in [9.17, 15) is 0 Å². The Kier molecular flexibility index (Phi) is 4.37. The van der Waals surface area contributed by atoms with E-state index in [0.29, 0.717) is 0 Å². The van der Waals surface area contributed by atoms with Gasteiger partial charge in [-0.05, 0) is 49.5 Å². The molecule has 0 aliphatic rings. The lowest BCUT2D eigenvalue weighted by Gasteiger charge is -2.06. The quantitative estimate of drug-likeness (QED) is 0.513. The van der Waals surface area contributed by atoms with Gasteiger partial charge in [0.2, 0.25) is 0 Å². The number of benzene rings is 1. The van der Waals surface area contributed by atoms with Gasteiger partial charge in [0.15, 0.2) is 5.11 Å². The lowest BCUT2D eigenvalue weighted by Crippen LogP contribution is -2.23. The Bertz CT molecular complexity index is 631. The van der Waals surface area contributed by atoms with Gasteiger partial charge < -0.3 is 15.0 Å². The van der Waals surface area contributed by atoms with Gasteiger partial charge in [-0.15, -0.1) is 0 Å². The Morgan fingerprint density at radius 2 is 2.10 bits per heavy atom. The lowest BCUT2D eigenvalue weighted by atomic mass is 10.3. The number of nitrogens with one attached hydrogen (secondary N) is 1. The van der Waals surface area contributed by atoms with Gasteiger partial charge >= 0.3 is 0 Å². The number of ether oxygens (including phenoxy) is 1. The zero-order valence-electron chi connectivity index (χ0n) is 11.3. The summed E-state index contributed by atoms with van der Waals surface area (Å²) < 4.78 is 7.22. The fourth-order valence-corrected chi connectivity index (χ4v) is 1.91. The maximum atomic E-state index is 5.30. The van der Waals surface area contributed by atoms with E-state index in [0.717, 1.165) is 22.7 Å². The van der Waals surface area contributed by atoms with E-state index < -0.39 is 0 Å². The Balaban J connectivity index is 2.22. The van der Waals surface area contributed by atoms with Crippen LogP contribution in [-0.4, -0.2) is 23.0 Å². The largest absolute Gasteiger partial charge is 0.497 e. The molecule has 20 heavy (non-hydrogen) atoms. The number of aryl methyl sites for hydroxylation is 1. The van der Waals surface area contributed by atoms with Gasteiger partial charge in [0, 0.05) is 23.1 Å². The smallest absolute Gasteiger partial charge is 0.184 e. The summed E-state index contributed by atoms with van der Waals surface area (Å²) in [5.41, 5.74) is 11.0. The molecule has 0 aliphatic carbocycles. The number of methoxy groups -OCH3 is 1. The molecular formula is C14H16N4OS. The van der Waals surface area contributed by atoms with Crippen LogP contribution in [0.25, 0.3) is 5.69 Å². The highest BCUT2D eigenvalue weighted by atomic mass is 32.1. The summed E-state index contributed by atoms with van der Waals surface area (Å²) in [6, 6.07) is 9.88. The summed E-state index contributed by atoms with van der Waals surface area (Å²) in [5, 5.41) is 4.09. The minimum atomic E-state index is 0.146. The summed E-state index contributed by atoms with van der Waals surface area (Å²) >= 11 is 4.68. The Hall–Kier alpha value is -2.34. The number of rotatable bonds is 4. The van der Waals surface area contributed by atoms with E-state index >= 15 is 0 Å². The van der Waals surface area contributed by atoms with Crippen molar-refractivity contribution in [1.29, 1.82) is 0 Å². The normalized spacial score (nSPS) is 10.7. The minimum absolute atomic E-state index is 0.146. The number of hydrogen-bond donors (Lipinski definition) is 2. The molecule has 1 heterocycles. The highest BCUT2D eigenvalue weighted by Gasteiger charge is 2.03. The first-order valence-corrected chi connectivity index (χ1v) is 6.43. The van der Waals surface area contributed by atoms with Gasteiger partial charge in [-0.3, -0.25) is 5.43 Å². The molecule has 0 saturated carbocycles. The molecule has 1 aromatic carbocycles. The van der Waals surface area contributed by atoms with Gasteiger partial charge in [0.25, 0.3) is 0 Å². The molecule has 0 amide bonds. The molecule has 0 saturated heterocycles. The highest BCUT2D eigenvalue weighted by molar-refractivity contribution is 7.80. The monoisotopic (exact) mass is 288 g/mol. The van der Waals surface area contributed by atoms with Crippen molar-refractivity contribution in [1.82, 2.24) is 9.99 Å². The fourth-order valence-electron chi connectivity index (χ4n) is 1.86. The third kappa shape index (κ3) is 3.36. The van der Waals surface area contributed by atoms with Gasteiger partial charge in [-0.2, -0.15) is 5.10 Å².